The highest BCUT2D eigenvalue weighted by atomic mass is 19.1. The summed E-state index contributed by atoms with van der Waals surface area (Å²) in [5.74, 6) is -0.620. The van der Waals surface area contributed by atoms with Crippen molar-refractivity contribution in [1.82, 2.24) is 14.8 Å². The van der Waals surface area contributed by atoms with Gasteiger partial charge in [-0.3, -0.25) is 14.7 Å². The Kier molecular flexibility index (Phi) is 5.20. The Bertz CT molecular complexity index is 692. The molecule has 0 aliphatic carbocycles. The van der Waals surface area contributed by atoms with Gasteiger partial charge in [0.15, 0.2) is 0 Å². The van der Waals surface area contributed by atoms with Crippen molar-refractivity contribution < 1.29 is 9.18 Å². The first-order valence-corrected chi connectivity index (χ1v) is 8.31. The monoisotopic (exact) mass is 327 g/mol. The van der Waals surface area contributed by atoms with Crippen LogP contribution in [0.2, 0.25) is 0 Å². The van der Waals surface area contributed by atoms with Crippen molar-refractivity contribution >= 4 is 5.91 Å². The lowest BCUT2D eigenvalue weighted by Crippen LogP contribution is -2.36. The van der Waals surface area contributed by atoms with Crippen molar-refractivity contribution in [2.75, 3.05) is 19.6 Å². The summed E-state index contributed by atoms with van der Waals surface area (Å²) in [6, 6.07) is 12.0. The Morgan fingerprint density at radius 3 is 2.75 bits per heavy atom. The summed E-state index contributed by atoms with van der Waals surface area (Å²) in [5.41, 5.74) is 1.60. The van der Waals surface area contributed by atoms with Gasteiger partial charge in [0.1, 0.15) is 5.82 Å². The second-order valence-corrected chi connectivity index (χ2v) is 6.28. The van der Waals surface area contributed by atoms with Gasteiger partial charge in [0, 0.05) is 38.4 Å². The minimum atomic E-state index is -0.477. The average Bonchev–Trinajstić information content (AvgIpc) is 2.78. The Labute approximate surface area is 141 Å². The van der Waals surface area contributed by atoms with Crippen LogP contribution in [0.15, 0.2) is 48.8 Å². The maximum atomic E-state index is 13.3. The number of benzene rings is 1. The molecule has 1 saturated heterocycles. The first-order valence-electron chi connectivity index (χ1n) is 8.31. The topological polar surface area (TPSA) is 36.4 Å². The van der Waals surface area contributed by atoms with E-state index in [1.54, 1.807) is 4.90 Å². The molecule has 1 aliphatic rings. The zero-order valence-corrected chi connectivity index (χ0v) is 13.9. The number of pyridine rings is 1. The molecule has 1 amide bonds. The summed E-state index contributed by atoms with van der Waals surface area (Å²) in [7, 11) is 0. The first kappa shape index (κ1) is 16.6. The molecule has 3 rings (SSSR count). The Balaban J connectivity index is 1.66. The predicted octanol–water partition coefficient (Wildman–Crippen LogP) is 2.96. The SMILES string of the molecule is CC1CCN(C(=O)c2cncc(F)c2)CCN1Cc1ccccc1. The van der Waals surface area contributed by atoms with Gasteiger partial charge >= 0.3 is 0 Å². The molecule has 0 spiro atoms. The van der Waals surface area contributed by atoms with Gasteiger partial charge in [0.2, 0.25) is 0 Å². The molecule has 0 bridgehead atoms. The number of halogens is 1. The summed E-state index contributed by atoms with van der Waals surface area (Å²) < 4.78 is 13.3. The highest BCUT2D eigenvalue weighted by molar-refractivity contribution is 5.93. The van der Waals surface area contributed by atoms with E-state index >= 15 is 0 Å². The van der Waals surface area contributed by atoms with Crippen LogP contribution in [0.25, 0.3) is 0 Å². The normalized spacial score (nSPS) is 19.1. The molecule has 0 N–H and O–H groups in total. The van der Waals surface area contributed by atoms with Crippen LogP contribution in [-0.2, 0) is 6.54 Å². The molecule has 1 aromatic heterocycles. The molecule has 1 aromatic carbocycles. The number of carbonyl (C=O) groups is 1. The Morgan fingerprint density at radius 1 is 1.21 bits per heavy atom. The van der Waals surface area contributed by atoms with Gasteiger partial charge in [-0.25, -0.2) is 4.39 Å². The lowest BCUT2D eigenvalue weighted by molar-refractivity contribution is 0.0760. The molecule has 2 aromatic rings. The number of hydrogen-bond acceptors (Lipinski definition) is 3. The van der Waals surface area contributed by atoms with Crippen LogP contribution in [0.4, 0.5) is 4.39 Å². The lowest BCUT2D eigenvalue weighted by Gasteiger charge is -2.26. The molecule has 1 unspecified atom stereocenters. The van der Waals surface area contributed by atoms with Gasteiger partial charge in [0.05, 0.1) is 11.8 Å². The van der Waals surface area contributed by atoms with Crippen molar-refractivity contribution in [2.24, 2.45) is 0 Å². The summed E-state index contributed by atoms with van der Waals surface area (Å²) >= 11 is 0. The van der Waals surface area contributed by atoms with E-state index in [0.29, 0.717) is 24.7 Å². The van der Waals surface area contributed by atoms with E-state index in [4.69, 9.17) is 0 Å². The van der Waals surface area contributed by atoms with E-state index in [-0.39, 0.29) is 5.91 Å². The number of amides is 1. The van der Waals surface area contributed by atoms with Crippen LogP contribution < -0.4 is 0 Å². The number of carbonyl (C=O) groups excluding carboxylic acids is 1. The molecule has 1 atom stereocenters. The van der Waals surface area contributed by atoms with E-state index in [1.165, 1.54) is 17.8 Å². The van der Waals surface area contributed by atoms with Crippen LogP contribution in [-0.4, -0.2) is 46.4 Å². The van der Waals surface area contributed by atoms with Gasteiger partial charge in [-0.15, -0.1) is 0 Å². The number of aromatic nitrogens is 1. The summed E-state index contributed by atoms with van der Waals surface area (Å²) in [6.45, 7) is 5.21. The van der Waals surface area contributed by atoms with Gasteiger partial charge in [-0.05, 0) is 25.0 Å². The molecule has 1 fully saturated rings. The largest absolute Gasteiger partial charge is 0.337 e. The van der Waals surface area contributed by atoms with E-state index in [1.807, 2.05) is 18.2 Å². The maximum Gasteiger partial charge on any atom is 0.255 e. The Hall–Kier alpha value is -2.27. The van der Waals surface area contributed by atoms with Crippen LogP contribution in [0.3, 0.4) is 0 Å². The zero-order valence-electron chi connectivity index (χ0n) is 13.9. The van der Waals surface area contributed by atoms with Crippen molar-refractivity contribution in [1.29, 1.82) is 0 Å². The third kappa shape index (κ3) is 3.97. The molecule has 5 heteroatoms. The maximum absolute atomic E-state index is 13.3. The number of hydrogen-bond donors (Lipinski definition) is 0. The van der Waals surface area contributed by atoms with Crippen LogP contribution in [0.5, 0.6) is 0 Å². The smallest absolute Gasteiger partial charge is 0.255 e. The predicted molar refractivity (Wildman–Crippen MR) is 91.0 cm³/mol. The third-order valence-corrected chi connectivity index (χ3v) is 4.56. The molecule has 0 radical (unpaired) electrons. The highest BCUT2D eigenvalue weighted by Crippen LogP contribution is 2.16. The molecular weight excluding hydrogens is 305 g/mol. The van der Waals surface area contributed by atoms with E-state index < -0.39 is 5.82 Å². The van der Waals surface area contributed by atoms with E-state index in [9.17, 15) is 9.18 Å². The third-order valence-electron chi connectivity index (χ3n) is 4.56. The van der Waals surface area contributed by atoms with Crippen molar-refractivity contribution in [3.05, 3.63) is 65.7 Å². The van der Waals surface area contributed by atoms with Gasteiger partial charge in [-0.1, -0.05) is 30.3 Å². The van der Waals surface area contributed by atoms with Crippen molar-refractivity contribution in [2.45, 2.75) is 25.9 Å². The summed E-state index contributed by atoms with van der Waals surface area (Å²) in [5, 5.41) is 0. The van der Waals surface area contributed by atoms with Gasteiger partial charge < -0.3 is 4.90 Å². The minimum absolute atomic E-state index is 0.143. The minimum Gasteiger partial charge on any atom is -0.337 e. The van der Waals surface area contributed by atoms with E-state index in [0.717, 1.165) is 25.7 Å². The summed E-state index contributed by atoms with van der Waals surface area (Å²) in [4.78, 5) is 20.6. The van der Waals surface area contributed by atoms with Crippen molar-refractivity contribution in [3.8, 4) is 0 Å². The molecule has 24 heavy (non-hydrogen) atoms. The fraction of sp³-hybridized carbons (Fsp3) is 0.368. The zero-order chi connectivity index (χ0) is 16.9. The highest BCUT2D eigenvalue weighted by Gasteiger charge is 2.24. The molecule has 0 saturated carbocycles. The Morgan fingerprint density at radius 2 is 2.00 bits per heavy atom. The number of rotatable bonds is 3. The second kappa shape index (κ2) is 7.53. The van der Waals surface area contributed by atoms with Crippen LogP contribution in [0, 0.1) is 5.82 Å². The van der Waals surface area contributed by atoms with Crippen LogP contribution >= 0.6 is 0 Å². The average molecular weight is 327 g/mol. The van der Waals surface area contributed by atoms with Crippen LogP contribution in [0.1, 0.15) is 29.3 Å². The van der Waals surface area contributed by atoms with Gasteiger partial charge in [0.25, 0.3) is 5.91 Å². The fourth-order valence-corrected chi connectivity index (χ4v) is 3.07. The lowest BCUT2D eigenvalue weighted by atomic mass is 10.1. The first-order chi connectivity index (χ1) is 11.6. The van der Waals surface area contributed by atoms with Gasteiger partial charge in [-0.2, -0.15) is 0 Å². The molecule has 4 nitrogen and oxygen atoms in total. The molecule has 2 heterocycles. The second-order valence-electron chi connectivity index (χ2n) is 6.28. The standard InChI is InChI=1S/C19H22FN3O/c1-15-7-8-22(19(24)17-11-18(20)13-21-12-17)9-10-23(15)14-16-5-3-2-4-6-16/h2-6,11-13,15H,7-10,14H2,1H3. The number of nitrogens with zero attached hydrogens (tertiary/aromatic N) is 3. The molecular formula is C19H22FN3O. The fourth-order valence-electron chi connectivity index (χ4n) is 3.07. The molecule has 126 valence electrons. The quantitative estimate of drug-likeness (QED) is 0.870. The van der Waals surface area contributed by atoms with E-state index in [2.05, 4.69) is 28.9 Å². The summed E-state index contributed by atoms with van der Waals surface area (Å²) in [6.07, 6.45) is 3.45. The molecule has 1 aliphatic heterocycles. The van der Waals surface area contributed by atoms with Crippen molar-refractivity contribution in [3.63, 3.8) is 0 Å².